The van der Waals surface area contributed by atoms with Gasteiger partial charge in [0.2, 0.25) is 0 Å². The van der Waals surface area contributed by atoms with Gasteiger partial charge >= 0.3 is 33.6 Å². The molecule has 4 N–H and O–H groups in total. The first kappa shape index (κ1) is 90.2. The summed E-state index contributed by atoms with van der Waals surface area (Å²) in [5.74, 6) is -1.55. The monoisotopic (exact) mass is 1360 g/mol. The third kappa shape index (κ3) is 70.4. The van der Waals surface area contributed by atoms with Gasteiger partial charge in [-0.25, -0.2) is 9.13 Å². The highest BCUT2D eigenvalue weighted by molar-refractivity contribution is 7.47. The molecule has 0 saturated carbocycles. The molecule has 0 aromatic heterocycles. The largest absolute Gasteiger partial charge is 0.472 e. The van der Waals surface area contributed by atoms with E-state index in [0.29, 0.717) is 19.3 Å². The van der Waals surface area contributed by atoms with Gasteiger partial charge in [-0.2, -0.15) is 0 Å². The highest BCUT2D eigenvalue weighted by Crippen LogP contribution is 2.45. The number of allylic oxidation sites excluding steroid dienone is 10. The van der Waals surface area contributed by atoms with Crippen LogP contribution in [0.3, 0.4) is 0 Å². The van der Waals surface area contributed by atoms with Gasteiger partial charge in [-0.05, 0) is 64.2 Å². The van der Waals surface area contributed by atoms with E-state index in [1.54, 1.807) is 0 Å². The van der Waals surface area contributed by atoms with Gasteiger partial charge in [0, 0.05) is 19.3 Å². The van der Waals surface area contributed by atoms with Crippen molar-refractivity contribution in [1.29, 1.82) is 0 Å². The summed E-state index contributed by atoms with van der Waals surface area (Å²) >= 11 is 0. The van der Waals surface area contributed by atoms with Crippen LogP contribution in [-0.4, -0.2) is 95.9 Å². The van der Waals surface area contributed by atoms with Crippen LogP contribution in [-0.2, 0) is 55.8 Å². The second-order valence-electron chi connectivity index (χ2n) is 25.4. The number of esters is 3. The third-order valence-electron chi connectivity index (χ3n) is 16.3. The molecule has 0 amide bonds. The minimum atomic E-state index is -4.91. The summed E-state index contributed by atoms with van der Waals surface area (Å²) in [7, 11) is -9.75. The Morgan fingerprint density at radius 3 is 0.903 bits per heavy atom. The van der Waals surface area contributed by atoms with Gasteiger partial charge in [0.1, 0.15) is 25.4 Å². The summed E-state index contributed by atoms with van der Waals surface area (Å²) < 4.78 is 60.8. The summed E-state index contributed by atoms with van der Waals surface area (Å²) in [5.41, 5.74) is 0. The molecule has 18 heteroatoms. The lowest BCUT2D eigenvalue weighted by Gasteiger charge is -2.21. The van der Waals surface area contributed by atoms with Gasteiger partial charge in [-0.1, -0.05) is 319 Å². The van der Waals surface area contributed by atoms with Gasteiger partial charge < -0.3 is 34.2 Å². The maximum Gasteiger partial charge on any atom is 0.472 e. The highest BCUT2D eigenvalue weighted by atomic mass is 31.2. The standard InChI is InChI=1S/C75H138O16P2/c1-4-7-10-13-16-19-22-23-24-25-26-27-28-29-30-31-32-33-34-35-36-37-38-39-40-41-42-43-44-45-48-50-52-55-58-61-73(78)85-64-70(76)65-87-92(81,82)88-66-71(77)67-89-93(83,84)90-69-72(91-75(80)63-60-57-54-51-47-21-18-15-12-9-6-3)68-86-74(79)62-59-56-53-49-46-20-17-14-11-8-5-2/h7,10,16,19,23-24,26-27,29-30,70-72,76-77H,4-6,8-9,11-15,17-18,20-22,25,28,31-69H2,1-3H3,(H,81,82)(H,83,84)/b10-7-,19-16-,24-23-,27-26-,30-29-. The second kappa shape index (κ2) is 69.2. The smallest absolute Gasteiger partial charge is 0.463 e. The number of ether oxygens (including phenoxy) is 3. The Morgan fingerprint density at radius 2 is 0.570 bits per heavy atom. The zero-order valence-corrected chi connectivity index (χ0v) is 61.0. The van der Waals surface area contributed by atoms with E-state index in [0.717, 1.165) is 96.3 Å². The minimum Gasteiger partial charge on any atom is -0.463 e. The summed E-state index contributed by atoms with van der Waals surface area (Å²) in [4.78, 5) is 58.2. The van der Waals surface area contributed by atoms with E-state index >= 15 is 0 Å². The van der Waals surface area contributed by atoms with Crippen LogP contribution in [0.5, 0.6) is 0 Å². The molecule has 16 nitrogen and oxygen atoms in total. The molecule has 0 rings (SSSR count). The lowest BCUT2D eigenvalue weighted by molar-refractivity contribution is -0.161. The molecule has 544 valence electrons. The second-order valence-corrected chi connectivity index (χ2v) is 28.3. The number of aliphatic hydroxyl groups excluding tert-OH is 2. The fourth-order valence-electron chi connectivity index (χ4n) is 10.5. The van der Waals surface area contributed by atoms with Crippen molar-refractivity contribution in [1.82, 2.24) is 0 Å². The van der Waals surface area contributed by atoms with E-state index in [4.69, 9.17) is 32.3 Å². The van der Waals surface area contributed by atoms with Crippen molar-refractivity contribution in [2.75, 3.05) is 39.6 Å². The topological polar surface area (TPSA) is 231 Å². The molecular weight excluding hydrogens is 1220 g/mol. The quantitative estimate of drug-likeness (QED) is 0.0146. The highest BCUT2D eigenvalue weighted by Gasteiger charge is 2.29. The van der Waals surface area contributed by atoms with Crippen molar-refractivity contribution in [3.63, 3.8) is 0 Å². The van der Waals surface area contributed by atoms with E-state index in [2.05, 4.69) is 81.5 Å². The van der Waals surface area contributed by atoms with Gasteiger partial charge in [-0.3, -0.25) is 32.5 Å². The fraction of sp³-hybridized carbons (Fsp3) is 0.827. The zero-order valence-electron chi connectivity index (χ0n) is 59.2. The predicted octanol–water partition coefficient (Wildman–Crippen LogP) is 21.3. The van der Waals surface area contributed by atoms with E-state index < -0.39 is 91.5 Å². The van der Waals surface area contributed by atoms with Crippen LogP contribution >= 0.6 is 15.6 Å². The van der Waals surface area contributed by atoms with Gasteiger partial charge in [0.05, 0.1) is 26.4 Å². The van der Waals surface area contributed by atoms with Crippen molar-refractivity contribution in [3.8, 4) is 0 Å². The van der Waals surface area contributed by atoms with E-state index in [9.17, 15) is 43.5 Å². The molecule has 0 saturated heterocycles. The van der Waals surface area contributed by atoms with Crippen molar-refractivity contribution in [2.45, 2.75) is 360 Å². The molecule has 0 heterocycles. The van der Waals surface area contributed by atoms with Crippen molar-refractivity contribution in [2.24, 2.45) is 0 Å². The number of hydrogen-bond donors (Lipinski definition) is 4. The van der Waals surface area contributed by atoms with Crippen molar-refractivity contribution >= 4 is 33.6 Å². The number of phosphoric ester groups is 2. The van der Waals surface area contributed by atoms with Crippen LogP contribution in [0.2, 0.25) is 0 Å². The molecule has 0 aliphatic carbocycles. The van der Waals surface area contributed by atoms with Crippen molar-refractivity contribution < 1.29 is 75.8 Å². The van der Waals surface area contributed by atoms with Gasteiger partial charge in [0.15, 0.2) is 6.10 Å². The Bertz CT molecular complexity index is 1940. The van der Waals surface area contributed by atoms with Crippen molar-refractivity contribution in [3.05, 3.63) is 60.8 Å². The Labute approximate surface area is 567 Å². The SMILES string of the molecule is CC/C=C\C/C=C\C/C=C\C/C=C\C/C=C\CCCCCCCCCCCCCCCCCCCCCC(=O)OCC(O)COP(=O)(O)OCC(O)COP(=O)(O)OCC(COC(=O)CCCCCCCCCCCCC)OC(=O)CCCCCCCCCCCCC. The molecule has 0 aliphatic heterocycles. The maximum atomic E-state index is 12.8. The average molecular weight is 1360 g/mol. The van der Waals surface area contributed by atoms with Crippen LogP contribution < -0.4 is 0 Å². The average Bonchev–Trinajstić information content (AvgIpc) is 3.63. The first-order valence-electron chi connectivity index (χ1n) is 37.6. The van der Waals surface area contributed by atoms with E-state index in [1.165, 1.54) is 186 Å². The molecule has 0 aliphatic rings. The molecule has 0 radical (unpaired) electrons. The number of hydrogen-bond acceptors (Lipinski definition) is 14. The Kier molecular flexibility index (Phi) is 67.1. The normalized spacial score (nSPS) is 14.4. The van der Waals surface area contributed by atoms with Crippen LogP contribution in [0.1, 0.15) is 342 Å². The summed E-state index contributed by atoms with van der Waals surface area (Å²) in [6, 6.07) is 0. The molecule has 0 spiro atoms. The summed E-state index contributed by atoms with van der Waals surface area (Å²) in [5, 5.41) is 20.6. The Hall–Kier alpha value is -2.75. The van der Waals surface area contributed by atoms with Crippen LogP contribution in [0.15, 0.2) is 60.8 Å². The number of rotatable bonds is 72. The molecule has 0 aromatic rings. The number of aliphatic hydroxyl groups is 2. The number of carbonyl (C=O) groups excluding carboxylic acids is 3. The predicted molar refractivity (Wildman–Crippen MR) is 381 cm³/mol. The van der Waals surface area contributed by atoms with Crippen LogP contribution in [0.25, 0.3) is 0 Å². The third-order valence-corrected chi connectivity index (χ3v) is 18.2. The first-order chi connectivity index (χ1) is 45.2. The van der Waals surface area contributed by atoms with Gasteiger partial charge in [0.25, 0.3) is 0 Å². The summed E-state index contributed by atoms with van der Waals surface area (Å²) in [6.45, 7) is 2.58. The van der Waals surface area contributed by atoms with Gasteiger partial charge in [-0.15, -0.1) is 0 Å². The maximum absolute atomic E-state index is 12.8. The molecule has 5 atom stereocenters. The zero-order chi connectivity index (χ0) is 68.1. The summed E-state index contributed by atoms with van der Waals surface area (Å²) in [6.07, 6.45) is 73.2. The van der Waals surface area contributed by atoms with Crippen LogP contribution in [0, 0.1) is 0 Å². The molecule has 0 aromatic carbocycles. The lowest BCUT2D eigenvalue weighted by Crippen LogP contribution is -2.30. The Balaban J connectivity index is 4.20. The van der Waals surface area contributed by atoms with E-state index in [-0.39, 0.29) is 19.3 Å². The molecular formula is C75H138O16P2. The molecule has 93 heavy (non-hydrogen) atoms. The van der Waals surface area contributed by atoms with Crippen LogP contribution in [0.4, 0.5) is 0 Å². The molecule has 5 unspecified atom stereocenters. The number of phosphoric acid groups is 2. The first-order valence-corrected chi connectivity index (χ1v) is 40.6. The Morgan fingerprint density at radius 1 is 0.312 bits per heavy atom. The van der Waals surface area contributed by atoms with E-state index in [1.807, 2.05) is 0 Å². The molecule has 0 fully saturated rings. The molecule has 0 bridgehead atoms. The minimum absolute atomic E-state index is 0.113. The number of carbonyl (C=O) groups is 3. The fourth-order valence-corrected chi connectivity index (χ4v) is 12.1. The number of unbranched alkanes of at least 4 members (excludes halogenated alkanes) is 39. The lowest BCUT2D eigenvalue weighted by atomic mass is 10.0.